The zero-order valence-corrected chi connectivity index (χ0v) is 27.5. The number of carbonyl (C=O) groups excluding carboxylic acids is 1. The first-order valence-electron chi connectivity index (χ1n) is 16.7. The van der Waals surface area contributed by atoms with Crippen molar-refractivity contribution < 1.29 is 9.53 Å². The Morgan fingerprint density at radius 3 is 2.30 bits per heavy atom. The lowest BCUT2D eigenvalue weighted by atomic mass is 9.94. The van der Waals surface area contributed by atoms with Gasteiger partial charge in [-0.25, -0.2) is 9.48 Å². The topological polar surface area (TPSA) is 75.5 Å². The largest absolute Gasteiger partial charge is 0.449 e. The lowest BCUT2D eigenvalue weighted by Gasteiger charge is -2.36. The SMILES string of the molecule is Cc1ccc(Cl)cc1N1CCN(Cc2cn([C@@H](Cc3ccccc3)[C@H](Cc3ccccc3)NC(=O)OCC3CCCC3)nn2)CC1. The Morgan fingerprint density at radius 1 is 0.935 bits per heavy atom. The zero-order chi connectivity index (χ0) is 31.7. The van der Waals surface area contributed by atoms with Crippen molar-refractivity contribution in [2.75, 3.05) is 37.7 Å². The first-order chi connectivity index (χ1) is 22.5. The molecule has 3 aromatic carbocycles. The second-order valence-electron chi connectivity index (χ2n) is 12.8. The van der Waals surface area contributed by atoms with Gasteiger partial charge >= 0.3 is 6.09 Å². The van der Waals surface area contributed by atoms with Crippen molar-refractivity contribution in [3.05, 3.63) is 112 Å². The molecule has 2 atom stereocenters. The number of hydrogen-bond acceptors (Lipinski definition) is 6. The average molecular weight is 641 g/mol. The van der Waals surface area contributed by atoms with E-state index in [4.69, 9.17) is 16.3 Å². The molecule has 4 aromatic rings. The lowest BCUT2D eigenvalue weighted by Crippen LogP contribution is -2.46. The Labute approximate surface area is 277 Å². The number of ether oxygens (including phenoxy) is 1. The van der Waals surface area contributed by atoms with Crippen LogP contribution in [0, 0.1) is 12.8 Å². The number of amides is 1. The van der Waals surface area contributed by atoms with Crippen molar-refractivity contribution in [1.82, 2.24) is 25.2 Å². The number of piperazine rings is 1. The van der Waals surface area contributed by atoms with Crippen LogP contribution >= 0.6 is 11.6 Å². The van der Waals surface area contributed by atoms with Crippen LogP contribution in [0.2, 0.25) is 5.02 Å². The van der Waals surface area contributed by atoms with Gasteiger partial charge < -0.3 is 15.0 Å². The van der Waals surface area contributed by atoms with E-state index in [1.54, 1.807) is 0 Å². The first kappa shape index (κ1) is 32.1. The summed E-state index contributed by atoms with van der Waals surface area (Å²) in [5, 5.41) is 13.3. The molecule has 1 saturated carbocycles. The number of rotatable bonds is 12. The van der Waals surface area contributed by atoms with Crippen LogP contribution in [0.15, 0.2) is 85.1 Å². The van der Waals surface area contributed by atoms with Gasteiger partial charge in [-0.1, -0.05) is 96.4 Å². The monoisotopic (exact) mass is 640 g/mol. The molecule has 1 aromatic heterocycles. The summed E-state index contributed by atoms with van der Waals surface area (Å²) in [5.74, 6) is 0.465. The van der Waals surface area contributed by atoms with Crippen LogP contribution in [0.1, 0.15) is 54.1 Å². The number of halogens is 1. The molecule has 9 heteroatoms. The summed E-state index contributed by atoms with van der Waals surface area (Å²) >= 11 is 6.30. The number of aromatic nitrogens is 3. The van der Waals surface area contributed by atoms with E-state index < -0.39 is 0 Å². The predicted octanol–water partition coefficient (Wildman–Crippen LogP) is 6.87. The number of benzene rings is 3. The molecule has 0 unspecified atom stereocenters. The molecule has 8 nitrogen and oxygen atoms in total. The van der Waals surface area contributed by atoms with Crippen LogP contribution in [0.4, 0.5) is 10.5 Å². The van der Waals surface area contributed by atoms with E-state index in [2.05, 4.69) is 87.1 Å². The highest BCUT2D eigenvalue weighted by Gasteiger charge is 2.29. The summed E-state index contributed by atoms with van der Waals surface area (Å²) in [6, 6.07) is 26.4. The molecule has 0 radical (unpaired) electrons. The van der Waals surface area contributed by atoms with Gasteiger partial charge in [-0.2, -0.15) is 0 Å². The molecule has 2 heterocycles. The number of aryl methyl sites for hydroxylation is 1. The summed E-state index contributed by atoms with van der Waals surface area (Å²) in [6.45, 7) is 7.05. The van der Waals surface area contributed by atoms with Gasteiger partial charge in [0.25, 0.3) is 0 Å². The summed E-state index contributed by atoms with van der Waals surface area (Å²) in [5.41, 5.74) is 5.70. The van der Waals surface area contributed by atoms with E-state index in [9.17, 15) is 4.79 Å². The van der Waals surface area contributed by atoms with E-state index in [0.29, 0.717) is 25.4 Å². The maximum absolute atomic E-state index is 13.2. The molecule has 1 aliphatic heterocycles. The maximum atomic E-state index is 13.2. The fraction of sp³-hybridized carbons (Fsp3) is 0.432. The number of nitrogens with zero attached hydrogens (tertiary/aromatic N) is 5. The van der Waals surface area contributed by atoms with Crippen LogP contribution in [-0.2, 0) is 24.1 Å². The number of carbonyl (C=O) groups is 1. The first-order valence-corrected chi connectivity index (χ1v) is 17.0. The van der Waals surface area contributed by atoms with Crippen molar-refractivity contribution in [1.29, 1.82) is 0 Å². The van der Waals surface area contributed by atoms with Crippen molar-refractivity contribution in [2.24, 2.45) is 5.92 Å². The number of nitrogens with one attached hydrogen (secondary N) is 1. The number of hydrogen-bond donors (Lipinski definition) is 1. The molecule has 1 saturated heterocycles. The molecule has 1 aliphatic carbocycles. The Morgan fingerprint density at radius 2 is 1.61 bits per heavy atom. The average Bonchev–Trinajstić information content (AvgIpc) is 3.78. The minimum Gasteiger partial charge on any atom is -0.449 e. The lowest BCUT2D eigenvalue weighted by molar-refractivity contribution is 0.120. The van der Waals surface area contributed by atoms with Crippen molar-refractivity contribution >= 4 is 23.4 Å². The van der Waals surface area contributed by atoms with E-state index in [-0.39, 0.29) is 18.2 Å². The Bertz CT molecular complexity index is 1530. The zero-order valence-electron chi connectivity index (χ0n) is 26.7. The van der Waals surface area contributed by atoms with Crippen LogP contribution in [-0.4, -0.2) is 64.8 Å². The van der Waals surface area contributed by atoms with E-state index >= 15 is 0 Å². The van der Waals surface area contributed by atoms with Gasteiger partial charge in [-0.3, -0.25) is 4.90 Å². The van der Waals surface area contributed by atoms with Gasteiger partial charge in [-0.15, -0.1) is 5.10 Å². The predicted molar refractivity (Wildman–Crippen MR) is 183 cm³/mol. The highest BCUT2D eigenvalue weighted by molar-refractivity contribution is 6.30. The smallest absolute Gasteiger partial charge is 0.407 e. The minimum atomic E-state index is -0.362. The molecule has 0 spiro atoms. The van der Waals surface area contributed by atoms with Gasteiger partial charge in [0, 0.05) is 43.4 Å². The third-order valence-corrected chi connectivity index (χ3v) is 9.68. The molecule has 2 aliphatic rings. The molecule has 46 heavy (non-hydrogen) atoms. The molecule has 6 rings (SSSR count). The summed E-state index contributed by atoms with van der Waals surface area (Å²) in [6.07, 6.45) is 7.75. The molecular weight excluding hydrogens is 596 g/mol. The number of anilines is 1. The molecule has 1 N–H and O–H groups in total. The van der Waals surface area contributed by atoms with E-state index in [1.807, 2.05) is 35.0 Å². The normalized spacial score (nSPS) is 17.1. The summed E-state index contributed by atoms with van der Waals surface area (Å²) in [7, 11) is 0. The van der Waals surface area contributed by atoms with Gasteiger partial charge in [-0.05, 0) is 67.3 Å². The van der Waals surface area contributed by atoms with Crippen molar-refractivity contribution in [3.8, 4) is 0 Å². The van der Waals surface area contributed by atoms with Gasteiger partial charge in [0.05, 0.1) is 30.6 Å². The van der Waals surface area contributed by atoms with Crippen LogP contribution < -0.4 is 10.2 Å². The fourth-order valence-electron chi connectivity index (χ4n) is 6.84. The number of alkyl carbamates (subject to hydrolysis) is 1. The van der Waals surface area contributed by atoms with Crippen molar-refractivity contribution in [3.63, 3.8) is 0 Å². The highest BCUT2D eigenvalue weighted by Crippen LogP contribution is 2.27. The van der Waals surface area contributed by atoms with E-state index in [1.165, 1.54) is 29.7 Å². The second-order valence-corrected chi connectivity index (χ2v) is 13.3. The van der Waals surface area contributed by atoms with Crippen molar-refractivity contribution in [2.45, 2.75) is 64.1 Å². The van der Waals surface area contributed by atoms with Gasteiger partial charge in [0.2, 0.25) is 0 Å². The molecule has 242 valence electrons. The molecule has 0 bridgehead atoms. The third kappa shape index (κ3) is 8.68. The highest BCUT2D eigenvalue weighted by atomic mass is 35.5. The van der Waals surface area contributed by atoms with Crippen LogP contribution in [0.5, 0.6) is 0 Å². The molecule has 1 amide bonds. The van der Waals surface area contributed by atoms with Gasteiger partial charge in [0.1, 0.15) is 0 Å². The van der Waals surface area contributed by atoms with Gasteiger partial charge in [0.15, 0.2) is 0 Å². The molecular formula is C37H45ClN6O2. The Balaban J connectivity index is 1.17. The third-order valence-electron chi connectivity index (χ3n) is 9.45. The Hall–Kier alpha value is -3.88. The van der Waals surface area contributed by atoms with Crippen LogP contribution in [0.3, 0.4) is 0 Å². The minimum absolute atomic E-state index is 0.162. The summed E-state index contributed by atoms with van der Waals surface area (Å²) in [4.78, 5) is 18.1. The Kier molecular flexibility index (Phi) is 10.9. The fourth-order valence-corrected chi connectivity index (χ4v) is 7.00. The standard InChI is InChI=1S/C37H45ClN6O2/c1-28-16-17-32(38)24-35(28)43-20-18-42(19-21-43)25-33-26-44(41-40-33)36(23-30-12-6-3-7-13-30)34(22-29-10-4-2-5-11-29)39-37(45)46-27-31-14-8-9-15-31/h2-7,10-13,16-17,24,26,31,34,36H,8-9,14-15,18-23,25,27H2,1H3,(H,39,45)/t34-,36-/m0/s1. The summed E-state index contributed by atoms with van der Waals surface area (Å²) < 4.78 is 7.73. The quantitative estimate of drug-likeness (QED) is 0.182. The second kappa shape index (κ2) is 15.6. The van der Waals surface area contributed by atoms with Crippen LogP contribution in [0.25, 0.3) is 0 Å². The maximum Gasteiger partial charge on any atom is 0.407 e. The van der Waals surface area contributed by atoms with E-state index in [0.717, 1.165) is 61.8 Å². The molecule has 2 fully saturated rings.